The second-order valence-corrected chi connectivity index (χ2v) is 6.41. The Balaban J connectivity index is 1.44. The molecular formula is C16H16N6OS. The molecule has 0 saturated carbocycles. The molecule has 7 nitrogen and oxygen atoms in total. The average Bonchev–Trinajstić information content (AvgIpc) is 3.35. The maximum Gasteiger partial charge on any atom is 0.264 e. The molecule has 0 unspecified atom stereocenters. The van der Waals surface area contributed by atoms with Gasteiger partial charge in [0.05, 0.1) is 4.88 Å². The van der Waals surface area contributed by atoms with E-state index < -0.39 is 0 Å². The van der Waals surface area contributed by atoms with E-state index in [9.17, 15) is 4.79 Å². The van der Waals surface area contributed by atoms with Crippen molar-refractivity contribution in [3.63, 3.8) is 0 Å². The zero-order valence-corrected chi connectivity index (χ0v) is 13.8. The van der Waals surface area contributed by atoms with Gasteiger partial charge in [-0.05, 0) is 11.4 Å². The summed E-state index contributed by atoms with van der Waals surface area (Å²) in [6.07, 6.45) is 6.85. The molecule has 8 heteroatoms. The Labute approximate surface area is 143 Å². The number of thiophene rings is 1. The number of carbonyl (C=O) groups is 1. The van der Waals surface area contributed by atoms with Crippen LogP contribution in [0.3, 0.4) is 0 Å². The highest BCUT2D eigenvalue weighted by Gasteiger charge is 2.23. The molecule has 3 aromatic heterocycles. The standard InChI is InChI=1S/C16H16N6OS/c23-16(13-2-1-9-24-13)21-7-5-20(6-8-21)14-10-15(19-11-18-14)22-4-3-17-12-22/h1-4,9-12H,5-8H2. The molecule has 1 aliphatic heterocycles. The van der Waals surface area contributed by atoms with Gasteiger partial charge in [0.15, 0.2) is 0 Å². The zero-order valence-electron chi connectivity index (χ0n) is 12.9. The van der Waals surface area contributed by atoms with Crippen molar-refractivity contribution in [3.8, 4) is 5.82 Å². The molecule has 0 aromatic carbocycles. The summed E-state index contributed by atoms with van der Waals surface area (Å²) in [6.45, 7) is 2.91. The van der Waals surface area contributed by atoms with E-state index in [1.54, 1.807) is 18.9 Å². The van der Waals surface area contributed by atoms with Gasteiger partial charge in [-0.3, -0.25) is 9.36 Å². The monoisotopic (exact) mass is 340 g/mol. The summed E-state index contributed by atoms with van der Waals surface area (Å²) in [5.41, 5.74) is 0. The molecule has 0 radical (unpaired) electrons. The van der Waals surface area contributed by atoms with Crippen molar-refractivity contribution in [2.75, 3.05) is 31.1 Å². The normalized spacial score (nSPS) is 14.8. The predicted molar refractivity (Wildman–Crippen MR) is 91.6 cm³/mol. The van der Waals surface area contributed by atoms with Crippen LogP contribution in [0.4, 0.5) is 5.82 Å². The van der Waals surface area contributed by atoms with Crippen LogP contribution in [0, 0.1) is 0 Å². The lowest BCUT2D eigenvalue weighted by Gasteiger charge is -2.35. The van der Waals surface area contributed by atoms with Gasteiger partial charge in [-0.15, -0.1) is 11.3 Å². The molecule has 1 saturated heterocycles. The van der Waals surface area contributed by atoms with Crippen LogP contribution in [0.25, 0.3) is 5.82 Å². The van der Waals surface area contributed by atoms with Crippen LogP contribution in [0.1, 0.15) is 9.67 Å². The molecule has 122 valence electrons. The Morgan fingerprint density at radius 1 is 1.12 bits per heavy atom. The number of aromatic nitrogens is 4. The summed E-state index contributed by atoms with van der Waals surface area (Å²) in [6, 6.07) is 5.73. The van der Waals surface area contributed by atoms with Crippen LogP contribution < -0.4 is 4.90 Å². The molecule has 0 aliphatic carbocycles. The van der Waals surface area contributed by atoms with Crippen molar-refractivity contribution >= 4 is 23.1 Å². The van der Waals surface area contributed by atoms with Crippen LogP contribution >= 0.6 is 11.3 Å². The van der Waals surface area contributed by atoms with E-state index in [-0.39, 0.29) is 5.91 Å². The molecule has 0 N–H and O–H groups in total. The Kier molecular flexibility index (Phi) is 3.96. The molecule has 1 aliphatic rings. The van der Waals surface area contributed by atoms with Crippen molar-refractivity contribution in [3.05, 3.63) is 53.5 Å². The number of nitrogens with zero attached hydrogens (tertiary/aromatic N) is 6. The number of amides is 1. The molecule has 0 bridgehead atoms. The van der Waals surface area contributed by atoms with Gasteiger partial charge in [-0.1, -0.05) is 6.07 Å². The minimum absolute atomic E-state index is 0.117. The summed E-state index contributed by atoms with van der Waals surface area (Å²) in [4.78, 5) is 30.0. The van der Waals surface area contributed by atoms with Crippen LogP contribution in [-0.4, -0.2) is 56.5 Å². The largest absolute Gasteiger partial charge is 0.353 e. The number of piperazine rings is 1. The lowest BCUT2D eigenvalue weighted by molar-refractivity contribution is 0.0751. The van der Waals surface area contributed by atoms with Gasteiger partial charge in [0.2, 0.25) is 0 Å². The first kappa shape index (κ1) is 14.8. The molecule has 0 spiro atoms. The topological polar surface area (TPSA) is 67.2 Å². The van der Waals surface area contributed by atoms with Gasteiger partial charge in [-0.2, -0.15) is 0 Å². The third-order valence-electron chi connectivity index (χ3n) is 4.03. The zero-order chi connectivity index (χ0) is 16.4. The SMILES string of the molecule is O=C(c1cccs1)N1CCN(c2cc(-n3ccnc3)ncn2)CC1. The van der Waals surface area contributed by atoms with E-state index in [1.165, 1.54) is 11.3 Å². The van der Waals surface area contributed by atoms with Gasteiger partial charge in [-0.25, -0.2) is 15.0 Å². The van der Waals surface area contributed by atoms with Crippen molar-refractivity contribution < 1.29 is 4.79 Å². The van der Waals surface area contributed by atoms with E-state index in [4.69, 9.17) is 0 Å². The number of hydrogen-bond donors (Lipinski definition) is 0. The summed E-state index contributed by atoms with van der Waals surface area (Å²) in [5.74, 6) is 1.78. The first-order valence-electron chi connectivity index (χ1n) is 7.69. The molecular weight excluding hydrogens is 324 g/mol. The fourth-order valence-electron chi connectivity index (χ4n) is 2.74. The highest BCUT2D eigenvalue weighted by molar-refractivity contribution is 7.12. The number of imidazole rings is 1. The second-order valence-electron chi connectivity index (χ2n) is 5.46. The summed E-state index contributed by atoms with van der Waals surface area (Å²) in [5, 5.41) is 1.93. The molecule has 1 fully saturated rings. The second kappa shape index (κ2) is 6.40. The van der Waals surface area contributed by atoms with E-state index in [2.05, 4.69) is 19.9 Å². The maximum absolute atomic E-state index is 12.4. The number of carbonyl (C=O) groups excluding carboxylic acids is 1. The van der Waals surface area contributed by atoms with Gasteiger partial charge in [0, 0.05) is 44.6 Å². The quantitative estimate of drug-likeness (QED) is 0.726. The molecule has 4 rings (SSSR count). The van der Waals surface area contributed by atoms with E-state index in [0.717, 1.165) is 29.6 Å². The van der Waals surface area contributed by atoms with Crippen molar-refractivity contribution in [2.24, 2.45) is 0 Å². The number of rotatable bonds is 3. The van der Waals surface area contributed by atoms with Gasteiger partial charge >= 0.3 is 0 Å². The minimum atomic E-state index is 0.117. The van der Waals surface area contributed by atoms with Crippen molar-refractivity contribution in [1.82, 2.24) is 24.4 Å². The minimum Gasteiger partial charge on any atom is -0.353 e. The third kappa shape index (κ3) is 2.88. The fraction of sp³-hybridized carbons (Fsp3) is 0.250. The highest BCUT2D eigenvalue weighted by Crippen LogP contribution is 2.18. The Hall–Kier alpha value is -2.74. The van der Waals surface area contributed by atoms with Crippen LogP contribution in [0.5, 0.6) is 0 Å². The number of anilines is 1. The highest BCUT2D eigenvalue weighted by atomic mass is 32.1. The number of hydrogen-bond acceptors (Lipinski definition) is 6. The average molecular weight is 340 g/mol. The van der Waals surface area contributed by atoms with Crippen LogP contribution in [-0.2, 0) is 0 Å². The van der Waals surface area contributed by atoms with E-state index in [1.807, 2.05) is 39.2 Å². The lowest BCUT2D eigenvalue weighted by atomic mass is 10.3. The summed E-state index contributed by atoms with van der Waals surface area (Å²) in [7, 11) is 0. The predicted octanol–water partition coefficient (Wildman–Crippen LogP) is 1.69. The van der Waals surface area contributed by atoms with E-state index in [0.29, 0.717) is 13.1 Å². The Morgan fingerprint density at radius 2 is 1.96 bits per heavy atom. The lowest BCUT2D eigenvalue weighted by Crippen LogP contribution is -2.48. The van der Waals surface area contributed by atoms with Crippen molar-refractivity contribution in [2.45, 2.75) is 0 Å². The molecule has 0 atom stereocenters. The van der Waals surface area contributed by atoms with Gasteiger partial charge in [0.1, 0.15) is 24.3 Å². The fourth-order valence-corrected chi connectivity index (χ4v) is 3.43. The molecule has 1 amide bonds. The smallest absolute Gasteiger partial charge is 0.264 e. The molecule has 4 heterocycles. The maximum atomic E-state index is 12.4. The molecule has 24 heavy (non-hydrogen) atoms. The summed E-state index contributed by atoms with van der Waals surface area (Å²) >= 11 is 1.49. The van der Waals surface area contributed by atoms with Gasteiger partial charge < -0.3 is 9.80 Å². The first-order valence-corrected chi connectivity index (χ1v) is 8.57. The van der Waals surface area contributed by atoms with Gasteiger partial charge in [0.25, 0.3) is 5.91 Å². The Bertz CT molecular complexity index is 809. The van der Waals surface area contributed by atoms with E-state index >= 15 is 0 Å². The third-order valence-corrected chi connectivity index (χ3v) is 4.89. The summed E-state index contributed by atoms with van der Waals surface area (Å²) < 4.78 is 1.85. The molecule has 3 aromatic rings. The Morgan fingerprint density at radius 3 is 2.67 bits per heavy atom. The first-order chi connectivity index (χ1) is 11.8. The van der Waals surface area contributed by atoms with Crippen LogP contribution in [0.15, 0.2) is 48.6 Å². The van der Waals surface area contributed by atoms with Crippen molar-refractivity contribution in [1.29, 1.82) is 0 Å². The van der Waals surface area contributed by atoms with Crippen LogP contribution in [0.2, 0.25) is 0 Å².